The van der Waals surface area contributed by atoms with Gasteiger partial charge in [0, 0.05) is 60.6 Å². The van der Waals surface area contributed by atoms with Crippen molar-refractivity contribution in [1.82, 2.24) is 14.8 Å². The number of nitriles is 1. The average molecular weight is 480 g/mol. The number of carbonyl (C=O) groups excluding carboxylic acids is 2. The molecule has 8 heteroatoms. The Morgan fingerprint density at radius 3 is 2.71 bits per heavy atom. The number of carbonyl (C=O) groups is 2. The van der Waals surface area contributed by atoms with Crippen LogP contribution in [0.5, 0.6) is 0 Å². The van der Waals surface area contributed by atoms with Gasteiger partial charge in [-0.1, -0.05) is 24.4 Å². The normalized spacial score (nSPS) is 19.1. The molecule has 34 heavy (non-hydrogen) atoms. The van der Waals surface area contributed by atoms with E-state index in [9.17, 15) is 9.59 Å². The molecule has 2 heterocycles. The molecule has 2 fully saturated rings. The van der Waals surface area contributed by atoms with E-state index in [-0.39, 0.29) is 23.6 Å². The summed E-state index contributed by atoms with van der Waals surface area (Å²) in [5, 5.41) is 12.5. The molecule has 0 radical (unpaired) electrons. The van der Waals surface area contributed by atoms with Gasteiger partial charge < -0.3 is 10.2 Å². The first-order valence-electron chi connectivity index (χ1n) is 11.8. The maximum Gasteiger partial charge on any atom is 0.255 e. The number of aromatic nitrogens is 1. The molecule has 2 aliphatic rings. The van der Waals surface area contributed by atoms with Gasteiger partial charge in [0.1, 0.15) is 11.8 Å². The fourth-order valence-electron chi connectivity index (χ4n) is 5.01. The molecule has 1 aliphatic carbocycles. The molecule has 2 amide bonds. The van der Waals surface area contributed by atoms with E-state index >= 15 is 0 Å². The highest BCUT2D eigenvalue weighted by Gasteiger charge is 2.33. The van der Waals surface area contributed by atoms with Crippen LogP contribution < -0.4 is 5.32 Å². The van der Waals surface area contributed by atoms with Crippen LogP contribution in [0.1, 0.15) is 59.8 Å². The van der Waals surface area contributed by atoms with Crippen LogP contribution in [0.4, 0.5) is 5.69 Å². The van der Waals surface area contributed by atoms with Gasteiger partial charge in [0.2, 0.25) is 5.91 Å². The van der Waals surface area contributed by atoms with Crippen molar-refractivity contribution in [1.29, 1.82) is 5.26 Å². The first-order chi connectivity index (χ1) is 16.4. The number of nitrogens with one attached hydrogen (secondary N) is 1. The minimum atomic E-state index is -0.317. The van der Waals surface area contributed by atoms with Crippen molar-refractivity contribution < 1.29 is 9.59 Å². The lowest BCUT2D eigenvalue weighted by Crippen LogP contribution is -2.54. The fourth-order valence-corrected chi connectivity index (χ4v) is 5.25. The van der Waals surface area contributed by atoms with E-state index in [1.165, 1.54) is 12.3 Å². The molecule has 1 atom stereocenters. The van der Waals surface area contributed by atoms with Crippen LogP contribution in [0.2, 0.25) is 5.02 Å². The van der Waals surface area contributed by atoms with Crippen molar-refractivity contribution in [3.05, 3.63) is 57.9 Å². The first-order valence-corrected chi connectivity index (χ1v) is 12.2. The second-order valence-corrected chi connectivity index (χ2v) is 9.77. The van der Waals surface area contributed by atoms with Gasteiger partial charge in [0.25, 0.3) is 5.91 Å². The molecule has 2 aromatic rings. The van der Waals surface area contributed by atoms with Crippen molar-refractivity contribution in [2.24, 2.45) is 5.92 Å². The van der Waals surface area contributed by atoms with Gasteiger partial charge >= 0.3 is 0 Å². The fraction of sp³-hybridized carbons (Fsp3) is 0.462. The number of halogens is 1. The summed E-state index contributed by atoms with van der Waals surface area (Å²) in [6.45, 7) is 7.14. The average Bonchev–Trinajstić information content (AvgIpc) is 3.37. The zero-order valence-corrected chi connectivity index (χ0v) is 20.4. The van der Waals surface area contributed by atoms with Crippen LogP contribution >= 0.6 is 11.6 Å². The van der Waals surface area contributed by atoms with Crippen LogP contribution in [-0.2, 0) is 11.3 Å². The third-order valence-electron chi connectivity index (χ3n) is 6.96. The molecule has 0 unspecified atom stereocenters. The summed E-state index contributed by atoms with van der Waals surface area (Å²) in [7, 11) is 0. The molecule has 1 aromatic heterocycles. The Morgan fingerprint density at radius 2 is 2.00 bits per heavy atom. The Morgan fingerprint density at radius 1 is 1.24 bits per heavy atom. The summed E-state index contributed by atoms with van der Waals surface area (Å²) in [5.74, 6) is 0.215. The number of piperazine rings is 1. The summed E-state index contributed by atoms with van der Waals surface area (Å²) in [6, 6.07) is 8.83. The number of nitrogens with zero attached hydrogens (tertiary/aromatic N) is 4. The molecule has 1 aromatic carbocycles. The van der Waals surface area contributed by atoms with Gasteiger partial charge in [-0.2, -0.15) is 5.26 Å². The number of hydrogen-bond acceptors (Lipinski definition) is 5. The molecule has 1 aliphatic heterocycles. The Bertz CT molecular complexity index is 1120. The van der Waals surface area contributed by atoms with Gasteiger partial charge in [0.15, 0.2) is 0 Å². The maximum atomic E-state index is 12.9. The maximum absolute atomic E-state index is 12.9. The smallest absolute Gasteiger partial charge is 0.255 e. The highest BCUT2D eigenvalue weighted by atomic mass is 35.5. The molecule has 1 saturated carbocycles. The summed E-state index contributed by atoms with van der Waals surface area (Å²) >= 11 is 6.41. The number of rotatable bonds is 5. The molecule has 7 nitrogen and oxygen atoms in total. The molecule has 0 spiro atoms. The SMILES string of the molecule is Cc1c(CN2CCN(C(=O)C3CCCC3)[C@@H](C)C2)cc(Cl)cc1NC(=O)c1ccnc(C#N)c1. The van der Waals surface area contributed by atoms with Crippen molar-refractivity contribution in [3.8, 4) is 6.07 Å². The number of benzene rings is 1. The van der Waals surface area contributed by atoms with E-state index in [1.807, 2.05) is 19.1 Å². The Kier molecular flexibility index (Phi) is 7.50. The molecule has 0 bridgehead atoms. The Hall–Kier alpha value is -2.95. The summed E-state index contributed by atoms with van der Waals surface area (Å²) in [5.41, 5.74) is 3.19. The lowest BCUT2D eigenvalue weighted by molar-refractivity contribution is -0.140. The second-order valence-electron chi connectivity index (χ2n) is 9.33. The van der Waals surface area contributed by atoms with Gasteiger partial charge in [-0.15, -0.1) is 0 Å². The number of amides is 2. The lowest BCUT2D eigenvalue weighted by atomic mass is 10.0. The largest absolute Gasteiger partial charge is 0.337 e. The number of pyridine rings is 1. The third kappa shape index (κ3) is 5.40. The van der Waals surface area contributed by atoms with E-state index in [2.05, 4.69) is 27.0 Å². The summed E-state index contributed by atoms with van der Waals surface area (Å²) in [4.78, 5) is 34.0. The predicted octanol–water partition coefficient (Wildman–Crippen LogP) is 4.39. The predicted molar refractivity (Wildman–Crippen MR) is 132 cm³/mol. The van der Waals surface area contributed by atoms with Crippen LogP contribution in [0.25, 0.3) is 0 Å². The van der Waals surface area contributed by atoms with Crippen LogP contribution in [0.15, 0.2) is 30.5 Å². The minimum absolute atomic E-state index is 0.168. The van der Waals surface area contributed by atoms with Crippen molar-refractivity contribution >= 4 is 29.1 Å². The van der Waals surface area contributed by atoms with Crippen molar-refractivity contribution in [2.75, 3.05) is 25.0 Å². The van der Waals surface area contributed by atoms with E-state index in [0.29, 0.717) is 28.7 Å². The van der Waals surface area contributed by atoms with E-state index in [0.717, 1.165) is 56.4 Å². The summed E-state index contributed by atoms with van der Waals surface area (Å²) < 4.78 is 0. The molecule has 1 N–H and O–H groups in total. The van der Waals surface area contributed by atoms with Crippen LogP contribution in [0.3, 0.4) is 0 Å². The zero-order valence-electron chi connectivity index (χ0n) is 19.7. The zero-order chi connectivity index (χ0) is 24.2. The summed E-state index contributed by atoms with van der Waals surface area (Å²) in [6.07, 6.45) is 5.83. The monoisotopic (exact) mass is 479 g/mol. The standard InChI is InChI=1S/C26H30ClN5O2/c1-17-15-31(9-10-32(17)26(34)19-5-3-4-6-19)16-21-11-22(27)13-24(18(21)2)30-25(33)20-7-8-29-23(12-20)14-28/h7-8,11-13,17,19H,3-6,9-10,15-16H2,1-2H3,(H,30,33)/t17-/m0/s1. The Labute approximate surface area is 205 Å². The molecule has 178 valence electrons. The lowest BCUT2D eigenvalue weighted by Gasteiger charge is -2.41. The quantitative estimate of drug-likeness (QED) is 0.686. The first kappa shape index (κ1) is 24.2. The van der Waals surface area contributed by atoms with E-state index in [1.54, 1.807) is 12.1 Å². The second kappa shape index (κ2) is 10.5. The van der Waals surface area contributed by atoms with Crippen molar-refractivity contribution in [2.45, 2.75) is 52.1 Å². The van der Waals surface area contributed by atoms with Crippen LogP contribution in [0, 0.1) is 24.2 Å². The van der Waals surface area contributed by atoms with Gasteiger partial charge in [-0.25, -0.2) is 4.98 Å². The highest BCUT2D eigenvalue weighted by molar-refractivity contribution is 6.31. The molecular formula is C26H30ClN5O2. The third-order valence-corrected chi connectivity index (χ3v) is 7.18. The van der Waals surface area contributed by atoms with Gasteiger partial charge in [-0.3, -0.25) is 14.5 Å². The van der Waals surface area contributed by atoms with E-state index in [4.69, 9.17) is 16.9 Å². The van der Waals surface area contributed by atoms with Gasteiger partial charge in [0.05, 0.1) is 0 Å². The van der Waals surface area contributed by atoms with Gasteiger partial charge in [-0.05, 0) is 62.1 Å². The highest BCUT2D eigenvalue weighted by Crippen LogP contribution is 2.30. The number of anilines is 1. The van der Waals surface area contributed by atoms with Crippen molar-refractivity contribution in [3.63, 3.8) is 0 Å². The molecule has 1 saturated heterocycles. The molecule has 4 rings (SSSR count). The van der Waals surface area contributed by atoms with Crippen LogP contribution in [-0.4, -0.2) is 52.3 Å². The minimum Gasteiger partial charge on any atom is -0.337 e. The Balaban J connectivity index is 1.43. The van der Waals surface area contributed by atoms with E-state index < -0.39 is 0 Å². The topological polar surface area (TPSA) is 89.3 Å². The number of hydrogen-bond donors (Lipinski definition) is 1. The molecular weight excluding hydrogens is 450 g/mol.